The first-order valence-electron chi connectivity index (χ1n) is 5.36. The van der Waals surface area contributed by atoms with Gasteiger partial charge in [-0.3, -0.25) is 23.5 Å². The predicted octanol–water partition coefficient (Wildman–Crippen LogP) is -0.928. The second kappa shape index (κ2) is 5.51. The summed E-state index contributed by atoms with van der Waals surface area (Å²) < 4.78 is 11.4. The van der Waals surface area contributed by atoms with Gasteiger partial charge in [0.15, 0.2) is 0 Å². The molecule has 8 heteroatoms. The van der Waals surface area contributed by atoms with Gasteiger partial charge in [0.25, 0.3) is 5.56 Å². The van der Waals surface area contributed by atoms with Gasteiger partial charge in [0.1, 0.15) is 12.3 Å². The first-order valence-corrected chi connectivity index (χ1v) is 5.36. The maximum absolute atomic E-state index is 11.9. The van der Waals surface area contributed by atoms with Crippen molar-refractivity contribution < 1.29 is 19.1 Å². The molecule has 1 heterocycles. The van der Waals surface area contributed by atoms with Crippen LogP contribution in [0.25, 0.3) is 0 Å². The number of ether oxygens (including phenoxy) is 2. The molecule has 0 aliphatic carbocycles. The Morgan fingerprint density at radius 1 is 1.05 bits per heavy atom. The molecular weight excluding hydrogens is 256 g/mol. The van der Waals surface area contributed by atoms with E-state index in [-0.39, 0.29) is 18.1 Å². The lowest BCUT2D eigenvalue weighted by Gasteiger charge is -2.13. The third-order valence-electron chi connectivity index (χ3n) is 2.40. The van der Waals surface area contributed by atoms with Crippen LogP contribution in [-0.2, 0) is 35.0 Å². The summed E-state index contributed by atoms with van der Waals surface area (Å²) in [5.41, 5.74) is -1.35. The summed E-state index contributed by atoms with van der Waals surface area (Å²) in [6.45, 7) is 1.98. The van der Waals surface area contributed by atoms with Crippen LogP contribution in [0.5, 0.6) is 5.75 Å². The predicted molar refractivity (Wildman–Crippen MR) is 63.7 cm³/mol. The highest BCUT2D eigenvalue weighted by molar-refractivity contribution is 5.69. The van der Waals surface area contributed by atoms with Crippen molar-refractivity contribution in [3.05, 3.63) is 26.5 Å². The van der Waals surface area contributed by atoms with Crippen molar-refractivity contribution in [1.29, 1.82) is 0 Å². The third kappa shape index (κ3) is 3.09. The van der Waals surface area contributed by atoms with Crippen LogP contribution in [0, 0.1) is 0 Å². The summed E-state index contributed by atoms with van der Waals surface area (Å²) in [4.78, 5) is 45.4. The van der Waals surface area contributed by atoms with E-state index in [1.54, 1.807) is 0 Å². The fourth-order valence-electron chi connectivity index (χ4n) is 1.43. The van der Waals surface area contributed by atoms with Crippen LogP contribution in [0.15, 0.2) is 9.59 Å². The maximum atomic E-state index is 11.9. The molecule has 1 aromatic rings. The highest BCUT2D eigenvalue weighted by Crippen LogP contribution is 2.12. The van der Waals surface area contributed by atoms with Gasteiger partial charge in [0, 0.05) is 27.9 Å². The van der Waals surface area contributed by atoms with Crippen LogP contribution in [0.4, 0.5) is 0 Å². The molecule has 8 nitrogen and oxygen atoms in total. The molecule has 0 bridgehead atoms. The van der Waals surface area contributed by atoms with Gasteiger partial charge < -0.3 is 9.47 Å². The summed E-state index contributed by atoms with van der Waals surface area (Å²) in [6, 6.07) is 0. The summed E-state index contributed by atoms with van der Waals surface area (Å²) in [7, 11) is 2.64. The van der Waals surface area contributed by atoms with Gasteiger partial charge >= 0.3 is 17.6 Å². The lowest BCUT2D eigenvalue weighted by molar-refractivity contribution is -0.142. The van der Waals surface area contributed by atoms with Crippen molar-refractivity contribution in [3.63, 3.8) is 0 Å². The van der Waals surface area contributed by atoms with E-state index < -0.39 is 23.2 Å². The molecule has 104 valence electrons. The van der Waals surface area contributed by atoms with Crippen LogP contribution in [0.3, 0.4) is 0 Å². The fraction of sp³-hybridized carbons (Fsp3) is 0.455. The maximum Gasteiger partial charge on any atom is 0.330 e. The van der Waals surface area contributed by atoms with E-state index in [2.05, 4.69) is 0 Å². The van der Waals surface area contributed by atoms with E-state index >= 15 is 0 Å². The fourth-order valence-corrected chi connectivity index (χ4v) is 1.43. The molecule has 0 aliphatic heterocycles. The standard InChI is InChI=1S/C11H14N2O6/c1-6(14)18-5-8-9(19-7(2)15)10(16)13(4)11(17)12(8)3/h5H2,1-4H3. The van der Waals surface area contributed by atoms with E-state index in [9.17, 15) is 19.2 Å². The first-order chi connectivity index (χ1) is 8.75. The molecule has 0 aliphatic rings. The molecule has 19 heavy (non-hydrogen) atoms. The molecule has 1 rings (SSSR count). The highest BCUT2D eigenvalue weighted by Gasteiger charge is 2.19. The molecule has 1 aromatic heterocycles. The Hall–Kier alpha value is -2.38. The van der Waals surface area contributed by atoms with Crippen LogP contribution in [-0.4, -0.2) is 21.1 Å². The minimum atomic E-state index is -0.763. The molecule has 0 fully saturated rings. The molecule has 0 saturated heterocycles. The first kappa shape index (κ1) is 14.7. The van der Waals surface area contributed by atoms with E-state index in [1.807, 2.05) is 0 Å². The Kier molecular flexibility index (Phi) is 4.26. The molecule has 0 atom stereocenters. The van der Waals surface area contributed by atoms with Crippen molar-refractivity contribution in [1.82, 2.24) is 9.13 Å². The van der Waals surface area contributed by atoms with Gasteiger partial charge in [-0.05, 0) is 0 Å². The Labute approximate surface area is 108 Å². The van der Waals surface area contributed by atoms with Crippen molar-refractivity contribution in [3.8, 4) is 5.75 Å². The number of aromatic nitrogens is 2. The number of carbonyl (C=O) groups is 2. The highest BCUT2D eigenvalue weighted by atomic mass is 16.5. The van der Waals surface area contributed by atoms with Crippen LogP contribution < -0.4 is 16.0 Å². The smallest absolute Gasteiger partial charge is 0.330 e. The SMILES string of the molecule is CC(=O)OCc1c(OC(C)=O)c(=O)n(C)c(=O)n1C. The number of esters is 2. The van der Waals surface area contributed by atoms with E-state index in [0.29, 0.717) is 0 Å². The zero-order valence-electron chi connectivity index (χ0n) is 11.1. The molecule has 0 saturated carbocycles. The number of nitrogens with zero attached hydrogens (tertiary/aromatic N) is 2. The third-order valence-corrected chi connectivity index (χ3v) is 2.40. The molecule has 0 aromatic carbocycles. The van der Waals surface area contributed by atoms with E-state index in [1.165, 1.54) is 21.0 Å². The average Bonchev–Trinajstić information content (AvgIpc) is 2.32. The summed E-state index contributed by atoms with van der Waals surface area (Å²) in [5.74, 6) is -1.61. The molecule has 0 radical (unpaired) electrons. The van der Waals surface area contributed by atoms with Crippen molar-refractivity contribution in [2.24, 2.45) is 14.1 Å². The lowest BCUT2D eigenvalue weighted by atomic mass is 10.3. The Morgan fingerprint density at radius 2 is 1.63 bits per heavy atom. The normalized spacial score (nSPS) is 10.1. The summed E-state index contributed by atoms with van der Waals surface area (Å²) in [6.07, 6.45) is 0. The lowest BCUT2D eigenvalue weighted by Crippen LogP contribution is -2.40. The molecule has 0 N–H and O–H groups in total. The zero-order chi connectivity index (χ0) is 14.7. The largest absolute Gasteiger partial charge is 0.459 e. The van der Waals surface area contributed by atoms with Crippen LogP contribution in [0.2, 0.25) is 0 Å². The number of hydrogen-bond acceptors (Lipinski definition) is 6. The Morgan fingerprint density at radius 3 is 2.11 bits per heavy atom. The van der Waals surface area contributed by atoms with Crippen molar-refractivity contribution in [2.45, 2.75) is 20.5 Å². The van der Waals surface area contributed by atoms with Crippen molar-refractivity contribution in [2.75, 3.05) is 0 Å². The molecule has 0 unspecified atom stereocenters. The topological polar surface area (TPSA) is 96.6 Å². The van der Waals surface area contributed by atoms with Gasteiger partial charge in [-0.25, -0.2) is 4.79 Å². The Balaban J connectivity index is 3.47. The number of carbonyl (C=O) groups excluding carboxylic acids is 2. The minimum absolute atomic E-state index is 0.0264. The summed E-state index contributed by atoms with van der Waals surface area (Å²) >= 11 is 0. The van der Waals surface area contributed by atoms with E-state index in [4.69, 9.17) is 9.47 Å². The molecule has 0 amide bonds. The van der Waals surface area contributed by atoms with E-state index in [0.717, 1.165) is 16.1 Å². The minimum Gasteiger partial charge on any atom is -0.459 e. The molecule has 0 spiro atoms. The Bertz CT molecular complexity index is 640. The second-order valence-corrected chi connectivity index (χ2v) is 3.86. The second-order valence-electron chi connectivity index (χ2n) is 3.86. The van der Waals surface area contributed by atoms with Crippen LogP contribution in [0.1, 0.15) is 19.5 Å². The van der Waals surface area contributed by atoms with Gasteiger partial charge in [0.05, 0.1) is 0 Å². The van der Waals surface area contributed by atoms with Gasteiger partial charge in [-0.15, -0.1) is 0 Å². The zero-order valence-corrected chi connectivity index (χ0v) is 11.1. The summed E-state index contributed by atoms with van der Waals surface area (Å²) in [5, 5.41) is 0. The molecular formula is C11H14N2O6. The monoisotopic (exact) mass is 270 g/mol. The van der Waals surface area contributed by atoms with Crippen molar-refractivity contribution >= 4 is 11.9 Å². The van der Waals surface area contributed by atoms with Gasteiger partial charge in [0.2, 0.25) is 5.75 Å². The average molecular weight is 270 g/mol. The van der Waals surface area contributed by atoms with Gasteiger partial charge in [-0.2, -0.15) is 0 Å². The van der Waals surface area contributed by atoms with Crippen LogP contribution >= 0.6 is 0 Å². The number of rotatable bonds is 3. The van der Waals surface area contributed by atoms with Gasteiger partial charge in [-0.1, -0.05) is 0 Å². The quantitative estimate of drug-likeness (QED) is 0.658. The number of hydrogen-bond donors (Lipinski definition) is 0.